The zero-order valence-electron chi connectivity index (χ0n) is 20.3. The average molecular weight is 545 g/mol. The molecular formula is C25H24N2O10S. The molecule has 0 amide bonds. The van der Waals surface area contributed by atoms with Gasteiger partial charge in [0.05, 0.1) is 30.7 Å². The van der Waals surface area contributed by atoms with Crippen LogP contribution in [0.1, 0.15) is 42.9 Å². The van der Waals surface area contributed by atoms with E-state index in [1.807, 2.05) is 0 Å². The second-order valence-corrected chi connectivity index (χ2v) is 9.85. The van der Waals surface area contributed by atoms with Crippen molar-refractivity contribution in [1.29, 1.82) is 0 Å². The van der Waals surface area contributed by atoms with Crippen LogP contribution in [0.2, 0.25) is 0 Å². The number of esters is 3. The highest BCUT2D eigenvalue weighted by atomic mass is 32.2. The maximum Gasteiger partial charge on any atom is 0.356 e. The summed E-state index contributed by atoms with van der Waals surface area (Å²) in [6.45, 7) is -0.449. The number of benzene rings is 2. The third-order valence-electron chi connectivity index (χ3n) is 5.60. The smallest absolute Gasteiger partial charge is 0.356 e. The van der Waals surface area contributed by atoms with E-state index in [1.54, 1.807) is 48.5 Å². The monoisotopic (exact) mass is 544 g/mol. The molecule has 0 spiro atoms. The first-order chi connectivity index (χ1) is 18.2. The predicted octanol–water partition coefficient (Wildman–Crippen LogP) is 2.06. The number of nitrogens with zero attached hydrogens (tertiary/aromatic N) is 1. The van der Waals surface area contributed by atoms with Gasteiger partial charge in [0.1, 0.15) is 30.6 Å². The van der Waals surface area contributed by atoms with Crippen LogP contribution < -0.4 is 0 Å². The predicted molar refractivity (Wildman–Crippen MR) is 130 cm³/mol. The molecular weight excluding hydrogens is 520 g/mol. The van der Waals surface area contributed by atoms with Gasteiger partial charge in [-0.2, -0.15) is 13.5 Å². The summed E-state index contributed by atoms with van der Waals surface area (Å²) < 4.78 is 51.5. The van der Waals surface area contributed by atoms with Gasteiger partial charge in [-0.05, 0) is 24.3 Å². The molecule has 0 bridgehead atoms. The summed E-state index contributed by atoms with van der Waals surface area (Å²) in [5.74, 6) is -2.27. The number of H-pyrrole nitrogens is 1. The molecule has 0 radical (unpaired) electrons. The Labute approximate surface area is 217 Å². The molecule has 3 aromatic rings. The van der Waals surface area contributed by atoms with Crippen LogP contribution in [0.5, 0.6) is 0 Å². The van der Waals surface area contributed by atoms with Gasteiger partial charge in [0.15, 0.2) is 6.10 Å². The van der Waals surface area contributed by atoms with Crippen molar-refractivity contribution in [3.63, 3.8) is 0 Å². The van der Waals surface area contributed by atoms with Crippen molar-refractivity contribution in [1.82, 2.24) is 10.2 Å². The van der Waals surface area contributed by atoms with Crippen LogP contribution >= 0.6 is 0 Å². The summed E-state index contributed by atoms with van der Waals surface area (Å²) in [6, 6.07) is 16.1. The van der Waals surface area contributed by atoms with Crippen molar-refractivity contribution >= 4 is 28.0 Å². The second-order valence-electron chi connectivity index (χ2n) is 8.25. The zero-order chi connectivity index (χ0) is 27.3. The van der Waals surface area contributed by atoms with E-state index in [0.717, 1.165) is 13.4 Å². The van der Waals surface area contributed by atoms with Gasteiger partial charge < -0.3 is 18.9 Å². The molecule has 2 heterocycles. The maximum atomic E-state index is 13.0. The fourth-order valence-corrected chi connectivity index (χ4v) is 4.55. The van der Waals surface area contributed by atoms with E-state index in [4.69, 9.17) is 23.1 Å². The number of rotatable bonds is 9. The van der Waals surface area contributed by atoms with E-state index in [-0.39, 0.29) is 22.4 Å². The molecule has 1 fully saturated rings. The number of ether oxygens (including phenoxy) is 4. The van der Waals surface area contributed by atoms with Crippen molar-refractivity contribution in [2.45, 2.75) is 24.4 Å². The Kier molecular flexibility index (Phi) is 8.20. The van der Waals surface area contributed by atoms with Crippen molar-refractivity contribution in [3.05, 3.63) is 89.2 Å². The number of hydrogen-bond donors (Lipinski definition) is 1. The molecule has 4 atom stereocenters. The van der Waals surface area contributed by atoms with Crippen LogP contribution in [0.25, 0.3) is 0 Å². The summed E-state index contributed by atoms with van der Waals surface area (Å²) in [4.78, 5) is 37.8. The molecule has 1 N–H and O–H groups in total. The molecule has 1 aliphatic rings. The summed E-state index contributed by atoms with van der Waals surface area (Å²) in [5, 5.41) is 6.35. The fraction of sp³-hybridized carbons (Fsp3) is 0.280. The summed E-state index contributed by atoms with van der Waals surface area (Å²) >= 11 is 0. The number of carbonyl (C=O) groups excluding carboxylic acids is 3. The van der Waals surface area contributed by atoms with Gasteiger partial charge in [-0.3, -0.25) is 9.28 Å². The van der Waals surface area contributed by atoms with Crippen molar-refractivity contribution < 1.29 is 45.9 Å². The highest BCUT2D eigenvalue weighted by Crippen LogP contribution is 2.39. The van der Waals surface area contributed by atoms with E-state index in [2.05, 4.69) is 10.2 Å². The van der Waals surface area contributed by atoms with Crippen LogP contribution in [0.15, 0.2) is 66.9 Å². The Morgan fingerprint density at radius 2 is 1.53 bits per heavy atom. The Bertz CT molecular complexity index is 1390. The van der Waals surface area contributed by atoms with Gasteiger partial charge in [-0.1, -0.05) is 36.4 Å². The molecule has 0 aliphatic carbocycles. The van der Waals surface area contributed by atoms with Crippen molar-refractivity contribution in [3.8, 4) is 0 Å². The lowest BCUT2D eigenvalue weighted by Gasteiger charge is -2.23. The highest BCUT2D eigenvalue weighted by Gasteiger charge is 2.52. The van der Waals surface area contributed by atoms with Crippen molar-refractivity contribution in [2.24, 2.45) is 0 Å². The Balaban J connectivity index is 1.68. The van der Waals surface area contributed by atoms with Gasteiger partial charge in [-0.15, -0.1) is 0 Å². The molecule has 38 heavy (non-hydrogen) atoms. The molecule has 4 rings (SSSR count). The van der Waals surface area contributed by atoms with Crippen LogP contribution in [-0.2, 0) is 33.2 Å². The molecule has 13 heteroatoms. The van der Waals surface area contributed by atoms with Crippen LogP contribution in [-0.4, -0.2) is 74.8 Å². The van der Waals surface area contributed by atoms with Crippen molar-refractivity contribution in [2.75, 3.05) is 20.0 Å². The molecule has 1 aromatic heterocycles. The lowest BCUT2D eigenvalue weighted by atomic mass is 10.0. The lowest BCUT2D eigenvalue weighted by Crippen LogP contribution is -2.40. The minimum atomic E-state index is -4.11. The number of aromatic amines is 1. The molecule has 0 unspecified atom stereocenters. The average Bonchev–Trinajstić information content (AvgIpc) is 3.52. The summed E-state index contributed by atoms with van der Waals surface area (Å²) in [7, 11) is -2.95. The molecule has 200 valence electrons. The number of methoxy groups -OCH3 is 1. The van der Waals surface area contributed by atoms with Gasteiger partial charge in [0, 0.05) is 5.56 Å². The van der Waals surface area contributed by atoms with Gasteiger partial charge in [0.2, 0.25) is 0 Å². The van der Waals surface area contributed by atoms with Crippen LogP contribution in [0.4, 0.5) is 0 Å². The molecule has 2 aromatic carbocycles. The van der Waals surface area contributed by atoms with Gasteiger partial charge >= 0.3 is 17.9 Å². The first-order valence-corrected chi connectivity index (χ1v) is 13.1. The van der Waals surface area contributed by atoms with Crippen LogP contribution in [0, 0.1) is 0 Å². The summed E-state index contributed by atoms with van der Waals surface area (Å²) in [6.07, 6.45) is -3.19. The number of nitrogens with one attached hydrogen (secondary N) is 1. The van der Waals surface area contributed by atoms with E-state index in [1.165, 1.54) is 18.3 Å². The number of hydrogen-bond acceptors (Lipinski definition) is 11. The third kappa shape index (κ3) is 6.25. The van der Waals surface area contributed by atoms with E-state index in [9.17, 15) is 22.8 Å². The van der Waals surface area contributed by atoms with E-state index < -0.39 is 59.0 Å². The quantitative estimate of drug-likeness (QED) is 0.239. The van der Waals surface area contributed by atoms with E-state index in [0.29, 0.717) is 0 Å². The maximum absolute atomic E-state index is 13.0. The first-order valence-electron chi connectivity index (χ1n) is 11.3. The van der Waals surface area contributed by atoms with Gasteiger partial charge in [-0.25, -0.2) is 14.4 Å². The number of carbonyl (C=O) groups is 3. The minimum absolute atomic E-state index is 0.0988. The first kappa shape index (κ1) is 27.0. The molecule has 0 saturated carbocycles. The standard InChI is InChI=1S/C25H24N2O10S/c1-33-25(30)19-17(13-26-27-19)20-22(36-24(29)16-11-7-4-8-12-16)21(37-38(2,31)32)18(35-20)14-34-23(28)15-9-5-3-6-10-15/h3-13,18,20-22H,14H2,1-2H3,(H,26,27)/t18-,20+,21-,22+/m1/s1. The fourth-order valence-electron chi connectivity index (χ4n) is 3.92. The Morgan fingerprint density at radius 3 is 2.11 bits per heavy atom. The normalized spacial score (nSPS) is 21.0. The Hall–Kier alpha value is -4.07. The largest absolute Gasteiger partial charge is 0.464 e. The molecule has 1 aliphatic heterocycles. The minimum Gasteiger partial charge on any atom is -0.464 e. The Morgan fingerprint density at radius 1 is 0.921 bits per heavy atom. The van der Waals surface area contributed by atoms with Crippen LogP contribution in [0.3, 0.4) is 0 Å². The second kappa shape index (κ2) is 11.5. The number of aromatic nitrogens is 2. The SMILES string of the molecule is COC(=O)c1[nH]ncc1[C@@H]1O[C@H](COC(=O)c2ccccc2)[C@@H](OS(C)(=O)=O)[C@H]1OC(=O)c1ccccc1. The topological polar surface area (TPSA) is 160 Å². The lowest BCUT2D eigenvalue weighted by molar-refractivity contribution is -0.0314. The summed E-state index contributed by atoms with van der Waals surface area (Å²) in [5.41, 5.74) is 0.473. The zero-order valence-corrected chi connectivity index (χ0v) is 21.1. The van der Waals surface area contributed by atoms with Gasteiger partial charge in [0.25, 0.3) is 10.1 Å². The molecule has 1 saturated heterocycles. The van der Waals surface area contributed by atoms with E-state index >= 15 is 0 Å². The highest BCUT2D eigenvalue weighted by molar-refractivity contribution is 7.86. The molecule has 12 nitrogen and oxygen atoms in total. The third-order valence-corrected chi connectivity index (χ3v) is 6.17.